The normalized spacial score (nSPS) is 11.8. The smallest absolute Gasteiger partial charge is 0.173 e. The van der Waals surface area contributed by atoms with Crippen molar-refractivity contribution in [2.75, 3.05) is 18.9 Å². The molecule has 0 aliphatic heterocycles. The van der Waals surface area contributed by atoms with E-state index in [0.717, 1.165) is 11.3 Å². The molecule has 0 aromatic heterocycles. The van der Waals surface area contributed by atoms with Gasteiger partial charge in [0.2, 0.25) is 0 Å². The average Bonchev–Trinajstić information content (AvgIpc) is 2.51. The van der Waals surface area contributed by atoms with Crippen molar-refractivity contribution in [1.29, 1.82) is 0 Å². The number of anilines is 1. The van der Waals surface area contributed by atoms with E-state index in [9.17, 15) is 5.11 Å². The van der Waals surface area contributed by atoms with E-state index in [-0.39, 0.29) is 0 Å². The summed E-state index contributed by atoms with van der Waals surface area (Å²) in [4.78, 5) is 1.77. The Morgan fingerprint density at radius 3 is 2.50 bits per heavy atom. The Balaban J connectivity index is 1.95. The predicted molar refractivity (Wildman–Crippen MR) is 96.7 cm³/mol. The molecule has 0 fully saturated rings. The van der Waals surface area contributed by atoms with Crippen LogP contribution < -0.4 is 5.32 Å². The van der Waals surface area contributed by atoms with Crippen LogP contribution in [0.25, 0.3) is 0 Å². The zero-order valence-electron chi connectivity index (χ0n) is 12.0. The number of nitrogens with zero attached hydrogens (tertiary/aromatic N) is 1. The van der Waals surface area contributed by atoms with Gasteiger partial charge in [-0.25, -0.2) is 0 Å². The first-order valence-electron chi connectivity index (χ1n) is 6.67. The van der Waals surface area contributed by atoms with Crippen LogP contribution in [0.3, 0.4) is 0 Å². The maximum atomic E-state index is 10.2. The number of halogens is 2. The Kier molecular flexibility index (Phi) is 6.03. The zero-order chi connectivity index (χ0) is 16.1. The highest BCUT2D eigenvalue weighted by atomic mass is 35.5. The lowest BCUT2D eigenvalue weighted by molar-refractivity contribution is 0.152. The summed E-state index contributed by atoms with van der Waals surface area (Å²) < 4.78 is 0. The molecular formula is C16H16Cl2N2OS. The lowest BCUT2D eigenvalue weighted by atomic mass is 10.1. The molecule has 0 aliphatic carbocycles. The van der Waals surface area contributed by atoms with E-state index in [2.05, 4.69) is 5.32 Å². The van der Waals surface area contributed by atoms with Gasteiger partial charge in [-0.15, -0.1) is 0 Å². The van der Waals surface area contributed by atoms with Crippen molar-refractivity contribution < 1.29 is 5.11 Å². The van der Waals surface area contributed by atoms with Gasteiger partial charge in [0.25, 0.3) is 0 Å². The van der Waals surface area contributed by atoms with Crippen LogP contribution in [-0.2, 0) is 0 Å². The molecule has 0 saturated heterocycles. The van der Waals surface area contributed by atoms with Crippen LogP contribution >= 0.6 is 35.4 Å². The van der Waals surface area contributed by atoms with Crippen molar-refractivity contribution in [2.24, 2.45) is 0 Å². The summed E-state index contributed by atoms with van der Waals surface area (Å²) in [7, 11) is 1.82. The molecule has 0 saturated carbocycles. The van der Waals surface area contributed by atoms with Crippen LogP contribution in [0, 0.1) is 0 Å². The minimum absolute atomic E-state index is 0.386. The lowest BCUT2D eigenvalue weighted by Gasteiger charge is -2.24. The molecular weight excluding hydrogens is 339 g/mol. The predicted octanol–water partition coefficient (Wildman–Crippen LogP) is 4.36. The maximum absolute atomic E-state index is 10.2. The molecule has 2 aromatic carbocycles. The SMILES string of the molecule is CN(CC(O)c1ccccc1)C(=S)Nc1ccc(Cl)c(Cl)c1. The lowest BCUT2D eigenvalue weighted by Crippen LogP contribution is -2.34. The van der Waals surface area contributed by atoms with Crippen molar-refractivity contribution in [3.63, 3.8) is 0 Å². The number of benzene rings is 2. The van der Waals surface area contributed by atoms with E-state index in [0.29, 0.717) is 21.7 Å². The standard InChI is InChI=1S/C16H16Cl2N2OS/c1-20(10-15(21)11-5-3-2-4-6-11)16(22)19-12-7-8-13(17)14(18)9-12/h2-9,15,21H,10H2,1H3,(H,19,22). The fourth-order valence-electron chi connectivity index (χ4n) is 1.92. The van der Waals surface area contributed by atoms with Crippen molar-refractivity contribution in [3.05, 3.63) is 64.1 Å². The molecule has 2 aromatic rings. The Labute approximate surface area is 145 Å². The molecule has 0 heterocycles. The van der Waals surface area contributed by atoms with Crippen LogP contribution in [-0.4, -0.2) is 28.7 Å². The molecule has 1 atom stereocenters. The Hall–Kier alpha value is -1.33. The average molecular weight is 355 g/mol. The fourth-order valence-corrected chi connectivity index (χ4v) is 2.41. The van der Waals surface area contributed by atoms with Gasteiger partial charge in [-0.3, -0.25) is 0 Å². The van der Waals surface area contributed by atoms with Crippen molar-refractivity contribution in [1.82, 2.24) is 4.90 Å². The first-order chi connectivity index (χ1) is 10.5. The second kappa shape index (κ2) is 7.79. The van der Waals surface area contributed by atoms with Crippen LogP contribution in [0.15, 0.2) is 48.5 Å². The van der Waals surface area contributed by atoms with E-state index in [1.165, 1.54) is 0 Å². The summed E-state index contributed by atoms with van der Waals surface area (Å²) in [6.45, 7) is 0.386. The van der Waals surface area contributed by atoms with Crippen LogP contribution in [0.2, 0.25) is 10.0 Å². The third-order valence-electron chi connectivity index (χ3n) is 3.15. The maximum Gasteiger partial charge on any atom is 0.173 e. The van der Waals surface area contributed by atoms with E-state index in [1.54, 1.807) is 23.1 Å². The highest BCUT2D eigenvalue weighted by Gasteiger charge is 2.13. The molecule has 0 amide bonds. The number of nitrogens with one attached hydrogen (secondary N) is 1. The number of aliphatic hydroxyl groups is 1. The van der Waals surface area contributed by atoms with Gasteiger partial charge >= 0.3 is 0 Å². The number of hydrogen-bond acceptors (Lipinski definition) is 2. The first-order valence-corrected chi connectivity index (χ1v) is 7.84. The highest BCUT2D eigenvalue weighted by molar-refractivity contribution is 7.80. The zero-order valence-corrected chi connectivity index (χ0v) is 14.3. The monoisotopic (exact) mass is 354 g/mol. The van der Waals surface area contributed by atoms with E-state index in [4.69, 9.17) is 35.4 Å². The van der Waals surface area contributed by atoms with E-state index in [1.807, 2.05) is 37.4 Å². The minimum Gasteiger partial charge on any atom is -0.387 e. The molecule has 0 radical (unpaired) electrons. The first kappa shape index (κ1) is 17.0. The van der Waals surface area contributed by atoms with Crippen LogP contribution in [0.1, 0.15) is 11.7 Å². The number of thiocarbonyl (C=S) groups is 1. The van der Waals surface area contributed by atoms with Gasteiger partial charge in [-0.05, 0) is 36.0 Å². The Bertz CT molecular complexity index is 652. The third kappa shape index (κ3) is 4.58. The van der Waals surface area contributed by atoms with E-state index < -0.39 is 6.10 Å². The molecule has 0 aliphatic rings. The third-order valence-corrected chi connectivity index (χ3v) is 4.30. The Morgan fingerprint density at radius 2 is 1.86 bits per heavy atom. The number of hydrogen-bond donors (Lipinski definition) is 2. The van der Waals surface area contributed by atoms with Gasteiger partial charge < -0.3 is 15.3 Å². The molecule has 0 bridgehead atoms. The molecule has 2 rings (SSSR count). The summed E-state index contributed by atoms with van der Waals surface area (Å²) >= 11 is 17.2. The topological polar surface area (TPSA) is 35.5 Å². The second-order valence-corrected chi connectivity index (χ2v) is 6.07. The molecule has 6 heteroatoms. The van der Waals surface area contributed by atoms with Gasteiger partial charge in [-0.1, -0.05) is 53.5 Å². The minimum atomic E-state index is -0.611. The second-order valence-electron chi connectivity index (χ2n) is 4.87. The van der Waals surface area contributed by atoms with E-state index >= 15 is 0 Å². The van der Waals surface area contributed by atoms with Crippen molar-refractivity contribution in [2.45, 2.75) is 6.10 Å². The fraction of sp³-hybridized carbons (Fsp3) is 0.188. The molecule has 3 nitrogen and oxygen atoms in total. The Morgan fingerprint density at radius 1 is 1.18 bits per heavy atom. The summed E-state index contributed by atoms with van der Waals surface area (Å²) in [5.74, 6) is 0. The number of aliphatic hydroxyl groups excluding tert-OH is 1. The van der Waals surface area contributed by atoms with Gasteiger partial charge in [0.05, 0.1) is 16.1 Å². The molecule has 116 valence electrons. The summed E-state index contributed by atoms with van der Waals surface area (Å²) in [6, 6.07) is 14.7. The van der Waals surface area contributed by atoms with Gasteiger partial charge in [-0.2, -0.15) is 0 Å². The summed E-state index contributed by atoms with van der Waals surface area (Å²) in [6.07, 6.45) is -0.611. The van der Waals surface area contributed by atoms with Crippen molar-refractivity contribution in [3.8, 4) is 0 Å². The highest BCUT2D eigenvalue weighted by Crippen LogP contribution is 2.25. The van der Waals surface area contributed by atoms with Crippen molar-refractivity contribution >= 4 is 46.2 Å². The van der Waals surface area contributed by atoms with Crippen LogP contribution in [0.5, 0.6) is 0 Å². The molecule has 1 unspecified atom stereocenters. The number of rotatable bonds is 4. The quantitative estimate of drug-likeness (QED) is 0.799. The summed E-state index contributed by atoms with van der Waals surface area (Å²) in [5, 5.41) is 14.7. The van der Waals surface area contributed by atoms with Gasteiger partial charge in [0.1, 0.15) is 0 Å². The summed E-state index contributed by atoms with van der Waals surface area (Å²) in [5.41, 5.74) is 1.60. The number of likely N-dealkylation sites (N-methyl/N-ethyl adjacent to an activating group) is 1. The molecule has 22 heavy (non-hydrogen) atoms. The molecule has 2 N–H and O–H groups in total. The largest absolute Gasteiger partial charge is 0.387 e. The molecule has 0 spiro atoms. The van der Waals surface area contributed by atoms with Crippen LogP contribution in [0.4, 0.5) is 5.69 Å². The van der Waals surface area contributed by atoms with Gasteiger partial charge in [0.15, 0.2) is 5.11 Å². The van der Waals surface area contributed by atoms with Gasteiger partial charge in [0, 0.05) is 19.3 Å².